The van der Waals surface area contributed by atoms with Crippen molar-refractivity contribution in [3.8, 4) is 0 Å². The summed E-state index contributed by atoms with van der Waals surface area (Å²) in [5.74, 6) is -0.392. The molecular weight excluding hydrogens is 268 g/mol. The fourth-order valence-corrected chi connectivity index (χ4v) is 2.23. The molecule has 0 bridgehead atoms. The van der Waals surface area contributed by atoms with Gasteiger partial charge in [0.1, 0.15) is 6.04 Å². The molecule has 2 N–H and O–H groups in total. The van der Waals surface area contributed by atoms with Crippen LogP contribution in [0.4, 0.5) is 11.4 Å². The zero-order valence-corrected chi connectivity index (χ0v) is 11.5. The highest BCUT2D eigenvalue weighted by atomic mass is 35.5. The van der Waals surface area contributed by atoms with Crippen LogP contribution in [0, 0.1) is 0 Å². The Bertz CT molecular complexity index is 531. The molecule has 1 unspecified atom stereocenters. The zero-order chi connectivity index (χ0) is 14.0. The van der Waals surface area contributed by atoms with Gasteiger partial charge in [0.25, 0.3) is 0 Å². The Hall–Kier alpha value is -1.75. The summed E-state index contributed by atoms with van der Waals surface area (Å²) in [4.78, 5) is 22.9. The number of rotatable bonds is 4. The molecule has 1 aromatic rings. The molecule has 1 aliphatic heterocycles. The van der Waals surface area contributed by atoms with E-state index in [1.807, 2.05) is 6.92 Å². The van der Waals surface area contributed by atoms with Crippen molar-refractivity contribution in [3.63, 3.8) is 0 Å². The average molecular weight is 283 g/mol. The van der Waals surface area contributed by atoms with Crippen LogP contribution in [-0.2, 0) is 20.7 Å². The van der Waals surface area contributed by atoms with E-state index < -0.39 is 6.04 Å². The average Bonchev–Trinajstić information content (AvgIpc) is 2.74. The first-order valence-electron chi connectivity index (χ1n) is 6.01. The Balaban J connectivity index is 2.24. The highest BCUT2D eigenvalue weighted by Gasteiger charge is 2.22. The summed E-state index contributed by atoms with van der Waals surface area (Å²) < 4.78 is 4.71. The third kappa shape index (κ3) is 2.81. The second-order valence-corrected chi connectivity index (χ2v) is 4.75. The lowest BCUT2D eigenvalue weighted by Crippen LogP contribution is -2.29. The van der Waals surface area contributed by atoms with Gasteiger partial charge in [0.15, 0.2) is 0 Å². The number of carbonyl (C=O) groups excluding carboxylic acids is 2. The molecule has 0 spiro atoms. The maximum Gasteiger partial charge on any atom is 0.328 e. The molecule has 2 rings (SSSR count). The lowest BCUT2D eigenvalue weighted by molar-refractivity contribution is -0.141. The number of ether oxygens (including phenoxy) is 1. The van der Waals surface area contributed by atoms with E-state index >= 15 is 0 Å². The van der Waals surface area contributed by atoms with Crippen molar-refractivity contribution in [2.75, 3.05) is 17.7 Å². The molecule has 1 amide bonds. The predicted molar refractivity (Wildman–Crippen MR) is 73.5 cm³/mol. The maximum atomic E-state index is 11.6. The SMILES string of the molecule is CCC(Nc1cc2c(cc1Cl)NC(=O)C2)C(=O)OC. The van der Waals surface area contributed by atoms with E-state index in [2.05, 4.69) is 10.6 Å². The summed E-state index contributed by atoms with van der Waals surface area (Å²) in [6, 6.07) is 3.03. The molecular formula is C13H15ClN2O3. The van der Waals surface area contributed by atoms with Crippen molar-refractivity contribution in [1.29, 1.82) is 0 Å². The second kappa shape index (κ2) is 5.48. The molecule has 1 aromatic carbocycles. The van der Waals surface area contributed by atoms with Crippen LogP contribution < -0.4 is 10.6 Å². The lowest BCUT2D eigenvalue weighted by Gasteiger charge is -2.17. The van der Waals surface area contributed by atoms with Crippen molar-refractivity contribution in [1.82, 2.24) is 0 Å². The summed E-state index contributed by atoms with van der Waals surface area (Å²) in [7, 11) is 1.35. The first kappa shape index (κ1) is 13.7. The van der Waals surface area contributed by atoms with Crippen molar-refractivity contribution in [2.45, 2.75) is 25.8 Å². The third-order valence-electron chi connectivity index (χ3n) is 3.04. The zero-order valence-electron chi connectivity index (χ0n) is 10.7. The summed E-state index contributed by atoms with van der Waals surface area (Å²) in [5.41, 5.74) is 2.23. The number of methoxy groups -OCH3 is 1. The fraction of sp³-hybridized carbons (Fsp3) is 0.385. The predicted octanol–water partition coefficient (Wildman–Crippen LogP) is 2.20. The number of anilines is 2. The summed E-state index contributed by atoms with van der Waals surface area (Å²) in [6.45, 7) is 1.88. The first-order valence-corrected chi connectivity index (χ1v) is 6.39. The van der Waals surface area contributed by atoms with Crippen LogP contribution >= 0.6 is 11.6 Å². The largest absolute Gasteiger partial charge is 0.467 e. The van der Waals surface area contributed by atoms with Gasteiger partial charge in [0.2, 0.25) is 5.91 Å². The van der Waals surface area contributed by atoms with E-state index in [9.17, 15) is 9.59 Å². The minimum absolute atomic E-state index is 0.0526. The molecule has 0 aromatic heterocycles. The Morgan fingerprint density at radius 2 is 2.32 bits per heavy atom. The first-order chi connectivity index (χ1) is 9.05. The van der Waals surface area contributed by atoms with Crippen LogP contribution in [0.2, 0.25) is 5.02 Å². The van der Waals surface area contributed by atoms with Crippen LogP contribution in [0.5, 0.6) is 0 Å². The minimum Gasteiger partial charge on any atom is -0.467 e. The van der Waals surface area contributed by atoms with Crippen molar-refractivity contribution < 1.29 is 14.3 Å². The summed E-state index contributed by atoms with van der Waals surface area (Å²) in [5, 5.41) is 6.23. The molecule has 1 heterocycles. The number of hydrogen-bond acceptors (Lipinski definition) is 4. The van der Waals surface area contributed by atoms with Crippen molar-refractivity contribution in [2.24, 2.45) is 0 Å². The van der Waals surface area contributed by atoms with E-state index in [0.29, 0.717) is 23.6 Å². The normalized spacial score (nSPS) is 14.6. The minimum atomic E-state index is -0.453. The molecule has 0 saturated heterocycles. The summed E-state index contributed by atoms with van der Waals surface area (Å²) >= 11 is 6.14. The van der Waals surface area contributed by atoms with Gasteiger partial charge in [-0.05, 0) is 24.1 Å². The number of esters is 1. The topological polar surface area (TPSA) is 67.4 Å². The van der Waals surface area contributed by atoms with Crippen LogP contribution in [-0.4, -0.2) is 25.0 Å². The van der Waals surface area contributed by atoms with Gasteiger partial charge in [-0.1, -0.05) is 18.5 Å². The maximum absolute atomic E-state index is 11.6. The highest BCUT2D eigenvalue weighted by molar-refractivity contribution is 6.33. The number of benzene rings is 1. The van der Waals surface area contributed by atoms with Crippen molar-refractivity contribution in [3.05, 3.63) is 22.7 Å². The fourth-order valence-electron chi connectivity index (χ4n) is 2.02. The molecule has 0 saturated carbocycles. The molecule has 19 heavy (non-hydrogen) atoms. The van der Waals surface area contributed by atoms with Crippen LogP contribution in [0.3, 0.4) is 0 Å². The highest BCUT2D eigenvalue weighted by Crippen LogP contribution is 2.33. The van der Waals surface area contributed by atoms with Gasteiger partial charge < -0.3 is 15.4 Å². The van der Waals surface area contributed by atoms with Gasteiger partial charge in [-0.15, -0.1) is 0 Å². The number of nitrogens with one attached hydrogen (secondary N) is 2. The molecule has 1 atom stereocenters. The van der Waals surface area contributed by atoms with Gasteiger partial charge in [0, 0.05) is 5.69 Å². The molecule has 5 nitrogen and oxygen atoms in total. The smallest absolute Gasteiger partial charge is 0.328 e. The van der Waals surface area contributed by atoms with Crippen LogP contribution in [0.1, 0.15) is 18.9 Å². The monoisotopic (exact) mass is 282 g/mol. The van der Waals surface area contributed by atoms with E-state index in [1.165, 1.54) is 7.11 Å². The standard InChI is InChI=1S/C13H15ClN2O3/c1-3-9(13(18)19-2)15-11-4-7-5-12(17)16-10(7)6-8(11)14/h4,6,9,15H,3,5H2,1-2H3,(H,16,17). The van der Waals surface area contributed by atoms with E-state index in [4.69, 9.17) is 16.3 Å². The van der Waals surface area contributed by atoms with Gasteiger partial charge in [-0.2, -0.15) is 0 Å². The summed E-state index contributed by atoms with van der Waals surface area (Å²) in [6.07, 6.45) is 0.910. The van der Waals surface area contributed by atoms with Gasteiger partial charge in [0.05, 0.1) is 24.2 Å². The van der Waals surface area contributed by atoms with Crippen LogP contribution in [0.25, 0.3) is 0 Å². The Morgan fingerprint density at radius 1 is 1.58 bits per heavy atom. The van der Waals surface area contributed by atoms with Gasteiger partial charge in [-0.3, -0.25) is 4.79 Å². The Kier molecular flexibility index (Phi) is 3.95. The number of carbonyl (C=O) groups is 2. The number of amides is 1. The second-order valence-electron chi connectivity index (χ2n) is 4.34. The molecule has 0 aliphatic carbocycles. The van der Waals surface area contributed by atoms with E-state index in [1.54, 1.807) is 12.1 Å². The van der Waals surface area contributed by atoms with Gasteiger partial charge >= 0.3 is 5.97 Å². The molecule has 0 fully saturated rings. The molecule has 0 radical (unpaired) electrons. The van der Waals surface area contributed by atoms with Gasteiger partial charge in [-0.25, -0.2) is 4.79 Å². The molecule has 6 heteroatoms. The molecule has 1 aliphatic rings. The van der Waals surface area contributed by atoms with Crippen molar-refractivity contribution >= 4 is 34.9 Å². The Morgan fingerprint density at radius 3 is 2.95 bits per heavy atom. The number of halogens is 1. The Labute approximate surface area is 116 Å². The number of fused-ring (bicyclic) bond motifs is 1. The lowest BCUT2D eigenvalue weighted by atomic mass is 10.1. The third-order valence-corrected chi connectivity index (χ3v) is 3.35. The van der Waals surface area contributed by atoms with E-state index in [-0.39, 0.29) is 11.9 Å². The van der Waals surface area contributed by atoms with Crippen LogP contribution in [0.15, 0.2) is 12.1 Å². The van der Waals surface area contributed by atoms with E-state index in [0.717, 1.165) is 11.3 Å². The molecule has 102 valence electrons. The number of hydrogen-bond donors (Lipinski definition) is 2. The quantitative estimate of drug-likeness (QED) is 0.831.